The fourth-order valence-corrected chi connectivity index (χ4v) is 7.48. The van der Waals surface area contributed by atoms with E-state index in [0.29, 0.717) is 0 Å². The number of Topliss-reactive ketones (excluding diaryl/α,β-unsaturated/α-hetero) is 1. The van der Waals surface area contributed by atoms with E-state index in [1.54, 1.807) is 41.5 Å². The molecule has 4 rings (SSSR count). The minimum absolute atomic E-state index is 0.0482. The van der Waals surface area contributed by atoms with Gasteiger partial charge in [-0.1, -0.05) is 16.9 Å². The number of ketones is 1. The van der Waals surface area contributed by atoms with E-state index in [4.69, 9.17) is 28.1 Å². The number of hydrogen-bond acceptors (Lipinski definition) is 15. The Balaban J connectivity index is 1.53. The molecule has 48 heavy (non-hydrogen) atoms. The Morgan fingerprint density at radius 3 is 2.29 bits per heavy atom. The van der Waals surface area contributed by atoms with Gasteiger partial charge in [0.25, 0.3) is 0 Å². The van der Waals surface area contributed by atoms with Crippen molar-refractivity contribution in [1.29, 1.82) is 0 Å². The number of carbonyl (C=O) groups excluding carboxylic acids is 6. The number of thiazole rings is 1. The summed E-state index contributed by atoms with van der Waals surface area (Å²) in [5, 5.41) is 7.43. The van der Waals surface area contributed by atoms with Crippen molar-refractivity contribution >= 4 is 77.6 Å². The van der Waals surface area contributed by atoms with Crippen LogP contribution in [0.4, 0.5) is 9.93 Å². The Labute approximate surface area is 287 Å². The molecule has 3 aliphatic heterocycles. The van der Waals surface area contributed by atoms with Crippen molar-refractivity contribution in [3.8, 4) is 0 Å². The molecule has 260 valence electrons. The number of aromatic nitrogens is 1. The van der Waals surface area contributed by atoms with E-state index in [2.05, 4.69) is 20.1 Å². The van der Waals surface area contributed by atoms with Gasteiger partial charge in [-0.2, -0.15) is 0 Å². The van der Waals surface area contributed by atoms with E-state index in [9.17, 15) is 28.8 Å². The molecule has 1 aromatic rings. The summed E-state index contributed by atoms with van der Waals surface area (Å²) >= 11 is 2.01. The highest BCUT2D eigenvalue weighted by molar-refractivity contribution is 8.02. The molecule has 0 aliphatic carbocycles. The van der Waals surface area contributed by atoms with E-state index < -0.39 is 74.6 Å². The lowest BCUT2D eigenvalue weighted by molar-refractivity contribution is -0.179. The van der Waals surface area contributed by atoms with Gasteiger partial charge in [-0.15, -0.1) is 11.3 Å². The average molecular weight is 707 g/mol. The van der Waals surface area contributed by atoms with Crippen LogP contribution in [-0.2, 0) is 42.9 Å². The van der Waals surface area contributed by atoms with E-state index >= 15 is 0 Å². The van der Waals surface area contributed by atoms with Crippen molar-refractivity contribution < 1.29 is 47.7 Å². The zero-order valence-electron chi connectivity index (χ0n) is 28.0. The van der Waals surface area contributed by atoms with Crippen LogP contribution in [0.15, 0.2) is 10.5 Å². The third-order valence-corrected chi connectivity index (χ3v) is 9.80. The van der Waals surface area contributed by atoms with Crippen LogP contribution < -0.4 is 11.1 Å². The SMILES string of the molecule is [B]OC(=O)[C@@]1(N2CC[C@H](NC(=O)OC(C)(C)C)C2=O)CN2C(=O)[C@@H](CC(=O)/C(=N\OC(C)(C)C(=O)OC(C)(C)C)c3csc(N)n3)[C@H]2S1. The highest BCUT2D eigenvalue weighted by Gasteiger charge is 2.66. The highest BCUT2D eigenvalue weighted by atomic mass is 32.2. The van der Waals surface area contributed by atoms with Crippen LogP contribution in [0.3, 0.4) is 0 Å². The lowest BCUT2D eigenvalue weighted by Crippen LogP contribution is -2.60. The Kier molecular flexibility index (Phi) is 10.2. The number of nitrogens with one attached hydrogen (secondary N) is 1. The van der Waals surface area contributed by atoms with Gasteiger partial charge in [-0.25, -0.2) is 14.6 Å². The van der Waals surface area contributed by atoms with Crippen LogP contribution >= 0.6 is 23.1 Å². The number of oxime groups is 1. The number of carbonyl (C=O) groups is 6. The molecule has 0 saturated carbocycles. The van der Waals surface area contributed by atoms with E-state index in [0.717, 1.165) is 23.1 Å². The quantitative estimate of drug-likeness (QED) is 0.116. The van der Waals surface area contributed by atoms with Crippen molar-refractivity contribution in [2.45, 2.75) is 101 Å². The lowest BCUT2D eigenvalue weighted by atomic mass is 9.90. The number of fused-ring (bicyclic) bond motifs is 1. The molecular formula is C29H39BN6O10S2. The fraction of sp³-hybridized carbons (Fsp3) is 0.655. The second-order valence-electron chi connectivity index (χ2n) is 14.0. The molecule has 1 aromatic heterocycles. The number of thioether (sulfide) groups is 1. The minimum Gasteiger partial charge on any atom is -0.541 e. The largest absolute Gasteiger partial charge is 0.541 e. The van der Waals surface area contributed by atoms with Gasteiger partial charge in [-0.05, 0) is 61.8 Å². The molecule has 4 heterocycles. The summed E-state index contributed by atoms with van der Waals surface area (Å²) in [6, 6.07) is -0.988. The fourth-order valence-electron chi connectivity index (χ4n) is 5.18. The van der Waals surface area contributed by atoms with Gasteiger partial charge < -0.3 is 39.8 Å². The minimum atomic E-state index is -1.73. The molecule has 19 heteroatoms. The molecule has 4 atom stereocenters. The number of likely N-dealkylation sites (tertiary alicyclic amines) is 1. The summed E-state index contributed by atoms with van der Waals surface area (Å²) in [4.78, 5) is 89.3. The zero-order chi connectivity index (χ0) is 36.0. The van der Waals surface area contributed by atoms with Crippen LogP contribution in [0.2, 0.25) is 0 Å². The topological polar surface area (TPSA) is 209 Å². The van der Waals surface area contributed by atoms with Crippen LogP contribution in [-0.4, -0.2) is 110 Å². The molecule has 0 spiro atoms. The first-order valence-electron chi connectivity index (χ1n) is 15.0. The maximum Gasteiger partial charge on any atom is 0.408 e. The van der Waals surface area contributed by atoms with E-state index in [1.807, 2.05) is 0 Å². The summed E-state index contributed by atoms with van der Waals surface area (Å²) in [6.45, 7) is 12.8. The van der Waals surface area contributed by atoms with Gasteiger partial charge in [0.1, 0.15) is 22.9 Å². The van der Waals surface area contributed by atoms with Crippen LogP contribution in [0.1, 0.15) is 73.9 Å². The zero-order valence-corrected chi connectivity index (χ0v) is 29.6. The maximum atomic E-state index is 13.7. The average Bonchev–Trinajstić information content (AvgIpc) is 3.65. The molecule has 0 bridgehead atoms. The van der Waals surface area contributed by atoms with Gasteiger partial charge in [0.2, 0.25) is 22.3 Å². The number of hydrogen-bond donors (Lipinski definition) is 2. The maximum absolute atomic E-state index is 13.7. The molecule has 16 nitrogen and oxygen atoms in total. The second kappa shape index (κ2) is 13.2. The summed E-state index contributed by atoms with van der Waals surface area (Å²) in [6.07, 6.45) is -1.01. The molecule has 3 saturated heterocycles. The number of alkyl carbamates (subject to hydrolysis) is 1. The number of β-lactam (4-membered cyclic amide) rings is 1. The first-order valence-corrected chi connectivity index (χ1v) is 16.8. The summed E-state index contributed by atoms with van der Waals surface area (Å²) in [5.74, 6) is -4.29. The van der Waals surface area contributed by atoms with Gasteiger partial charge in [0, 0.05) is 18.3 Å². The lowest BCUT2D eigenvalue weighted by Gasteiger charge is -2.40. The van der Waals surface area contributed by atoms with Gasteiger partial charge in [-0.3, -0.25) is 19.2 Å². The van der Waals surface area contributed by atoms with E-state index in [1.165, 1.54) is 29.0 Å². The summed E-state index contributed by atoms with van der Waals surface area (Å²) < 4.78 is 15.3. The number of nitrogen functional groups attached to an aromatic ring is 1. The molecule has 3 N–H and O–H groups in total. The molecular weight excluding hydrogens is 667 g/mol. The van der Waals surface area contributed by atoms with Gasteiger partial charge in [0.15, 0.2) is 16.6 Å². The molecule has 3 fully saturated rings. The molecule has 3 aliphatic rings. The number of anilines is 1. The number of rotatable bonds is 10. The van der Waals surface area contributed by atoms with Crippen molar-refractivity contribution in [1.82, 2.24) is 20.1 Å². The third kappa shape index (κ3) is 7.71. The predicted molar refractivity (Wildman–Crippen MR) is 174 cm³/mol. The Morgan fingerprint density at radius 2 is 1.73 bits per heavy atom. The highest BCUT2D eigenvalue weighted by Crippen LogP contribution is 2.53. The smallest absolute Gasteiger partial charge is 0.408 e. The predicted octanol–water partition coefficient (Wildman–Crippen LogP) is 1.51. The number of esters is 1. The Morgan fingerprint density at radius 1 is 1.08 bits per heavy atom. The summed E-state index contributed by atoms with van der Waals surface area (Å²) in [7, 11) is 5.30. The van der Waals surface area contributed by atoms with Crippen LogP contribution in [0.5, 0.6) is 0 Å². The Hall–Kier alpha value is -3.87. The van der Waals surface area contributed by atoms with Gasteiger partial charge in [0.05, 0.1) is 17.8 Å². The molecule has 0 aromatic carbocycles. The third-order valence-electron chi connectivity index (χ3n) is 7.40. The van der Waals surface area contributed by atoms with Gasteiger partial charge >= 0.3 is 26.1 Å². The molecule has 0 unspecified atom stereocenters. The van der Waals surface area contributed by atoms with Crippen molar-refractivity contribution in [3.05, 3.63) is 11.1 Å². The number of ether oxygens (including phenoxy) is 2. The number of amides is 3. The van der Waals surface area contributed by atoms with E-state index in [-0.39, 0.29) is 42.5 Å². The first-order chi connectivity index (χ1) is 22.1. The second-order valence-corrected chi connectivity index (χ2v) is 16.3. The first kappa shape index (κ1) is 37.0. The summed E-state index contributed by atoms with van der Waals surface area (Å²) in [5.41, 5.74) is 2.41. The standard InChI is InChI=1S/C29H39BN6O10S2/c1-26(2,3)43-22(40)28(7,8)46-34-18(16-12-47-24(31)32-16)17(37)11-14-19(38)35-13-29(23(41)45-30,48-21(14)35)36-10-9-15(20(36)39)33-25(42)44-27(4,5)6/h12,14-15,21H,9-11,13H2,1-8H3,(H2,31,32)(H,33,42)/b34-18-/t14-,15+,21-,29-/m1/s1. The van der Waals surface area contributed by atoms with Crippen molar-refractivity contribution in [3.63, 3.8) is 0 Å². The van der Waals surface area contributed by atoms with Crippen molar-refractivity contribution in [2.75, 3.05) is 18.8 Å². The van der Waals surface area contributed by atoms with Crippen molar-refractivity contribution in [2.24, 2.45) is 11.1 Å². The number of nitrogens with zero attached hydrogens (tertiary/aromatic N) is 4. The van der Waals surface area contributed by atoms with Crippen LogP contribution in [0, 0.1) is 5.92 Å². The number of nitrogens with two attached hydrogens (primary N) is 1. The molecule has 3 amide bonds. The normalized spacial score (nSPS) is 24.5. The Bertz CT molecular complexity index is 1540. The monoisotopic (exact) mass is 706 g/mol. The molecule has 2 radical (unpaired) electrons. The van der Waals surface area contributed by atoms with Crippen LogP contribution in [0.25, 0.3) is 0 Å².